The number of nitrogens with two attached hydrogens (primary N) is 1. The SMILES string of the molecule is CSc1ccccc1NC(=O)CN(C)C(=O)CSc1ccc(C(N)=O)cc1[N+](=O)[O-]. The minimum absolute atomic E-state index is 0.0108. The summed E-state index contributed by atoms with van der Waals surface area (Å²) in [6.07, 6.45) is 1.90. The summed E-state index contributed by atoms with van der Waals surface area (Å²) in [6, 6.07) is 11.1. The molecule has 2 rings (SSSR count). The van der Waals surface area contributed by atoms with Crippen LogP contribution in [0.15, 0.2) is 52.3 Å². The fraction of sp³-hybridized carbons (Fsp3) is 0.211. The van der Waals surface area contributed by atoms with Gasteiger partial charge in [0.15, 0.2) is 0 Å². The molecule has 3 amide bonds. The van der Waals surface area contributed by atoms with Gasteiger partial charge in [0.1, 0.15) is 0 Å². The highest BCUT2D eigenvalue weighted by Gasteiger charge is 2.20. The number of carbonyl (C=O) groups is 3. The Morgan fingerprint density at radius 3 is 2.50 bits per heavy atom. The number of carbonyl (C=O) groups excluding carboxylic acids is 3. The quantitative estimate of drug-likeness (QED) is 0.342. The number of primary amides is 1. The van der Waals surface area contributed by atoms with Crippen molar-refractivity contribution in [3.8, 4) is 0 Å². The molecule has 0 saturated carbocycles. The van der Waals surface area contributed by atoms with Gasteiger partial charge in [0.05, 0.1) is 27.8 Å². The largest absolute Gasteiger partial charge is 0.366 e. The first-order chi connectivity index (χ1) is 14.2. The van der Waals surface area contributed by atoms with E-state index in [0.717, 1.165) is 22.7 Å². The van der Waals surface area contributed by atoms with Crippen molar-refractivity contribution in [2.75, 3.05) is 30.9 Å². The molecule has 0 radical (unpaired) electrons. The lowest BCUT2D eigenvalue weighted by Gasteiger charge is -2.17. The van der Waals surface area contributed by atoms with Crippen molar-refractivity contribution in [3.63, 3.8) is 0 Å². The predicted molar refractivity (Wildman–Crippen MR) is 117 cm³/mol. The fourth-order valence-electron chi connectivity index (χ4n) is 2.43. The lowest BCUT2D eigenvalue weighted by molar-refractivity contribution is -0.387. The van der Waals surface area contributed by atoms with Crippen LogP contribution in [0.2, 0.25) is 0 Å². The van der Waals surface area contributed by atoms with E-state index in [1.807, 2.05) is 18.4 Å². The molecule has 0 spiro atoms. The first-order valence-electron chi connectivity index (χ1n) is 8.60. The van der Waals surface area contributed by atoms with Crippen LogP contribution in [0.25, 0.3) is 0 Å². The lowest BCUT2D eigenvalue weighted by atomic mass is 10.2. The van der Waals surface area contributed by atoms with Gasteiger partial charge in [-0.2, -0.15) is 0 Å². The fourth-order valence-corrected chi connectivity index (χ4v) is 3.92. The zero-order chi connectivity index (χ0) is 22.3. The highest BCUT2D eigenvalue weighted by molar-refractivity contribution is 8.00. The minimum atomic E-state index is -0.778. The molecule has 0 aliphatic rings. The van der Waals surface area contributed by atoms with Gasteiger partial charge in [-0.25, -0.2) is 0 Å². The molecule has 0 bridgehead atoms. The molecule has 158 valence electrons. The van der Waals surface area contributed by atoms with E-state index in [4.69, 9.17) is 5.73 Å². The highest BCUT2D eigenvalue weighted by Crippen LogP contribution is 2.30. The van der Waals surface area contributed by atoms with Crippen LogP contribution in [0.4, 0.5) is 11.4 Å². The summed E-state index contributed by atoms with van der Waals surface area (Å²) >= 11 is 2.44. The van der Waals surface area contributed by atoms with Gasteiger partial charge in [-0.05, 0) is 30.5 Å². The van der Waals surface area contributed by atoms with Crippen LogP contribution in [0.3, 0.4) is 0 Å². The average molecular weight is 449 g/mol. The second-order valence-corrected chi connectivity index (χ2v) is 7.96. The molecular formula is C19H20N4O5S2. The zero-order valence-corrected chi connectivity index (χ0v) is 17.9. The lowest BCUT2D eigenvalue weighted by Crippen LogP contribution is -2.36. The van der Waals surface area contributed by atoms with E-state index >= 15 is 0 Å². The molecule has 11 heteroatoms. The van der Waals surface area contributed by atoms with Crippen LogP contribution in [0.1, 0.15) is 10.4 Å². The third-order valence-electron chi connectivity index (χ3n) is 3.98. The van der Waals surface area contributed by atoms with Gasteiger partial charge < -0.3 is 16.0 Å². The number of nitro benzene ring substituents is 1. The third-order valence-corrected chi connectivity index (χ3v) is 5.82. The summed E-state index contributed by atoms with van der Waals surface area (Å²) < 4.78 is 0. The summed E-state index contributed by atoms with van der Waals surface area (Å²) in [5.74, 6) is -1.61. The molecule has 2 aromatic rings. The number of amides is 3. The molecular weight excluding hydrogens is 428 g/mol. The average Bonchev–Trinajstić information content (AvgIpc) is 2.71. The Hall–Kier alpha value is -3.05. The van der Waals surface area contributed by atoms with Gasteiger partial charge >= 0.3 is 0 Å². The standard InChI is InChI=1S/C19H20N4O5S2/c1-22(10-17(24)21-13-5-3-4-6-15(13)29-2)18(25)11-30-16-8-7-12(19(20)26)9-14(16)23(27)28/h3-9H,10-11H2,1-2H3,(H2,20,26)(H,21,24). The smallest absolute Gasteiger partial charge is 0.283 e. The van der Waals surface area contributed by atoms with E-state index in [0.29, 0.717) is 5.69 Å². The maximum absolute atomic E-state index is 12.4. The van der Waals surface area contributed by atoms with E-state index in [1.54, 1.807) is 12.1 Å². The number of hydrogen-bond donors (Lipinski definition) is 2. The Morgan fingerprint density at radius 2 is 1.87 bits per heavy atom. The number of nitrogens with one attached hydrogen (secondary N) is 1. The molecule has 3 N–H and O–H groups in total. The Bertz CT molecular complexity index is 983. The van der Waals surface area contributed by atoms with Gasteiger partial charge in [0.2, 0.25) is 17.7 Å². The van der Waals surface area contributed by atoms with Gasteiger partial charge in [0, 0.05) is 23.6 Å². The van der Waals surface area contributed by atoms with Crippen molar-refractivity contribution in [1.29, 1.82) is 0 Å². The van der Waals surface area contributed by atoms with E-state index < -0.39 is 10.8 Å². The topological polar surface area (TPSA) is 136 Å². The molecule has 0 heterocycles. The normalized spacial score (nSPS) is 10.3. The van der Waals surface area contributed by atoms with Crippen LogP contribution in [0, 0.1) is 10.1 Å². The van der Waals surface area contributed by atoms with Crippen LogP contribution in [-0.2, 0) is 9.59 Å². The number of para-hydroxylation sites is 1. The predicted octanol–water partition coefficient (Wildman–Crippen LogP) is 2.60. The van der Waals surface area contributed by atoms with Gasteiger partial charge in [-0.3, -0.25) is 24.5 Å². The van der Waals surface area contributed by atoms with Crippen molar-refractivity contribution < 1.29 is 19.3 Å². The second kappa shape index (κ2) is 10.6. The van der Waals surface area contributed by atoms with Crippen molar-refractivity contribution in [1.82, 2.24) is 4.90 Å². The van der Waals surface area contributed by atoms with E-state index in [1.165, 1.54) is 35.8 Å². The molecule has 0 aliphatic heterocycles. The van der Waals surface area contributed by atoms with Gasteiger partial charge in [0.25, 0.3) is 5.69 Å². The van der Waals surface area contributed by atoms with Gasteiger partial charge in [-0.15, -0.1) is 23.5 Å². The number of benzene rings is 2. The van der Waals surface area contributed by atoms with Crippen LogP contribution in [-0.4, -0.2) is 53.1 Å². The number of anilines is 1. The minimum Gasteiger partial charge on any atom is -0.366 e. The second-order valence-electron chi connectivity index (χ2n) is 6.09. The number of likely N-dealkylation sites (N-methyl/N-ethyl adjacent to an activating group) is 1. The monoisotopic (exact) mass is 448 g/mol. The Labute approximate surface area is 181 Å². The highest BCUT2D eigenvalue weighted by atomic mass is 32.2. The summed E-state index contributed by atoms with van der Waals surface area (Å²) in [5, 5.41) is 14.0. The van der Waals surface area contributed by atoms with Crippen molar-refractivity contribution in [3.05, 3.63) is 58.1 Å². The van der Waals surface area contributed by atoms with E-state index in [9.17, 15) is 24.5 Å². The van der Waals surface area contributed by atoms with Crippen LogP contribution < -0.4 is 11.1 Å². The maximum atomic E-state index is 12.4. The number of thioether (sulfide) groups is 2. The summed E-state index contributed by atoms with van der Waals surface area (Å²) in [7, 11) is 1.48. The number of rotatable bonds is 9. The molecule has 30 heavy (non-hydrogen) atoms. The van der Waals surface area contributed by atoms with Crippen LogP contribution >= 0.6 is 23.5 Å². The van der Waals surface area contributed by atoms with E-state index in [2.05, 4.69) is 5.32 Å². The first-order valence-corrected chi connectivity index (χ1v) is 10.8. The first kappa shape index (κ1) is 23.2. The zero-order valence-electron chi connectivity index (χ0n) is 16.3. The molecule has 0 atom stereocenters. The van der Waals surface area contributed by atoms with Crippen LogP contribution in [0.5, 0.6) is 0 Å². The molecule has 0 aliphatic carbocycles. The third kappa shape index (κ3) is 6.22. The Balaban J connectivity index is 1.97. The Morgan fingerprint density at radius 1 is 1.17 bits per heavy atom. The maximum Gasteiger partial charge on any atom is 0.283 e. The molecule has 0 unspecified atom stereocenters. The number of nitro groups is 1. The summed E-state index contributed by atoms with van der Waals surface area (Å²) in [6.45, 7) is -0.162. The summed E-state index contributed by atoms with van der Waals surface area (Å²) in [4.78, 5) is 48.8. The Kier molecular flexibility index (Phi) is 8.25. The number of nitrogens with zero attached hydrogens (tertiary/aromatic N) is 2. The molecule has 9 nitrogen and oxygen atoms in total. The van der Waals surface area contributed by atoms with Crippen molar-refractivity contribution >= 4 is 52.6 Å². The van der Waals surface area contributed by atoms with Crippen molar-refractivity contribution in [2.24, 2.45) is 5.73 Å². The molecule has 0 aromatic heterocycles. The molecule has 2 aromatic carbocycles. The number of hydrogen-bond acceptors (Lipinski definition) is 7. The molecule has 0 saturated heterocycles. The van der Waals surface area contributed by atoms with Gasteiger partial charge in [-0.1, -0.05) is 12.1 Å². The molecule has 0 fully saturated rings. The van der Waals surface area contributed by atoms with E-state index in [-0.39, 0.29) is 40.3 Å². The van der Waals surface area contributed by atoms with Crippen molar-refractivity contribution in [2.45, 2.75) is 9.79 Å². The summed E-state index contributed by atoms with van der Waals surface area (Å²) in [5.41, 5.74) is 5.51.